The van der Waals surface area contributed by atoms with Crippen LogP contribution in [-0.2, 0) is 20.9 Å². The molecule has 1 atom stereocenters. The molecule has 0 radical (unpaired) electrons. The number of amides is 2. The first-order valence-electron chi connectivity index (χ1n) is 10.2. The summed E-state index contributed by atoms with van der Waals surface area (Å²) in [6.45, 7) is 6.28. The number of ether oxygens (including phenoxy) is 1. The summed E-state index contributed by atoms with van der Waals surface area (Å²) in [5.74, 6) is -0.347. The average molecular weight is 430 g/mol. The van der Waals surface area contributed by atoms with Crippen LogP contribution in [0.4, 0.5) is 0 Å². The minimum atomic E-state index is -0.705. The fourth-order valence-electron chi connectivity index (χ4n) is 3.54. The van der Waals surface area contributed by atoms with Gasteiger partial charge < -0.3 is 15.0 Å². The molecule has 1 saturated heterocycles. The van der Waals surface area contributed by atoms with E-state index >= 15 is 0 Å². The van der Waals surface area contributed by atoms with E-state index in [-0.39, 0.29) is 11.8 Å². The molecule has 0 spiro atoms. The molecular weight excluding hydrogens is 402 g/mol. The number of nitrogens with one attached hydrogen (secondary N) is 1. The smallest absolute Gasteiger partial charge is 0.247 e. The van der Waals surface area contributed by atoms with E-state index in [1.54, 1.807) is 17.0 Å². The topological polar surface area (TPSA) is 61.9 Å². The lowest BCUT2D eigenvalue weighted by atomic mass is 10.0. The first-order chi connectivity index (χ1) is 14.5. The molecule has 0 aliphatic carbocycles. The van der Waals surface area contributed by atoms with E-state index < -0.39 is 6.04 Å². The van der Waals surface area contributed by atoms with E-state index in [1.165, 1.54) is 6.92 Å². The zero-order valence-corrected chi connectivity index (χ0v) is 18.0. The standard InChI is InChI=1S/C23H28ClN3O3/c1-18(28)27(17-19-7-9-21(24)10-8-19)22(20-5-3-2-4-6-20)23(29)25-11-12-26-13-15-30-16-14-26/h2-10,22H,11-17H2,1H3,(H,25,29)/t22-/m0/s1. The number of nitrogens with zero attached hydrogens (tertiary/aromatic N) is 2. The number of carbonyl (C=O) groups excluding carboxylic acids is 2. The van der Waals surface area contributed by atoms with Gasteiger partial charge in [-0.05, 0) is 23.3 Å². The molecule has 160 valence electrons. The Morgan fingerprint density at radius 3 is 2.40 bits per heavy atom. The molecule has 2 amide bonds. The largest absolute Gasteiger partial charge is 0.379 e. The van der Waals surface area contributed by atoms with Gasteiger partial charge in [0.05, 0.1) is 13.2 Å². The van der Waals surface area contributed by atoms with E-state index in [2.05, 4.69) is 10.2 Å². The number of hydrogen-bond donors (Lipinski definition) is 1. The molecule has 7 heteroatoms. The number of benzene rings is 2. The number of morpholine rings is 1. The summed E-state index contributed by atoms with van der Waals surface area (Å²) in [7, 11) is 0. The van der Waals surface area contributed by atoms with Gasteiger partial charge in [0.25, 0.3) is 0 Å². The van der Waals surface area contributed by atoms with Crippen molar-refractivity contribution in [3.8, 4) is 0 Å². The van der Waals surface area contributed by atoms with Crippen LogP contribution in [0.1, 0.15) is 24.1 Å². The van der Waals surface area contributed by atoms with Crippen LogP contribution in [0.5, 0.6) is 0 Å². The summed E-state index contributed by atoms with van der Waals surface area (Å²) in [6.07, 6.45) is 0. The van der Waals surface area contributed by atoms with Crippen LogP contribution < -0.4 is 5.32 Å². The van der Waals surface area contributed by atoms with Crippen LogP contribution in [0.25, 0.3) is 0 Å². The van der Waals surface area contributed by atoms with Crippen molar-refractivity contribution in [3.63, 3.8) is 0 Å². The van der Waals surface area contributed by atoms with Gasteiger partial charge >= 0.3 is 0 Å². The molecule has 1 aliphatic rings. The highest BCUT2D eigenvalue weighted by Gasteiger charge is 2.29. The Kier molecular flexibility index (Phi) is 8.25. The molecule has 0 unspecified atom stereocenters. The van der Waals surface area contributed by atoms with E-state index in [0.29, 0.717) is 18.1 Å². The Bertz CT molecular complexity index is 823. The summed E-state index contributed by atoms with van der Waals surface area (Å²) in [5.41, 5.74) is 1.70. The van der Waals surface area contributed by atoms with Crippen LogP contribution in [0.15, 0.2) is 54.6 Å². The van der Waals surface area contributed by atoms with Crippen molar-refractivity contribution in [2.75, 3.05) is 39.4 Å². The minimum absolute atomic E-state index is 0.165. The second-order valence-corrected chi connectivity index (χ2v) is 7.77. The predicted octanol–water partition coefficient (Wildman–Crippen LogP) is 2.88. The van der Waals surface area contributed by atoms with Crippen LogP contribution >= 0.6 is 11.6 Å². The second-order valence-electron chi connectivity index (χ2n) is 7.33. The Hall–Kier alpha value is -2.41. The molecule has 0 aromatic heterocycles. The van der Waals surface area contributed by atoms with E-state index in [4.69, 9.17) is 16.3 Å². The van der Waals surface area contributed by atoms with Crippen molar-refractivity contribution >= 4 is 23.4 Å². The maximum absolute atomic E-state index is 13.2. The summed E-state index contributed by atoms with van der Waals surface area (Å²) in [6, 6.07) is 16.0. The average Bonchev–Trinajstić information content (AvgIpc) is 2.76. The molecule has 0 bridgehead atoms. The lowest BCUT2D eigenvalue weighted by molar-refractivity contribution is -0.140. The molecule has 30 heavy (non-hydrogen) atoms. The minimum Gasteiger partial charge on any atom is -0.379 e. The molecule has 1 fully saturated rings. The lowest BCUT2D eigenvalue weighted by Crippen LogP contribution is -2.45. The van der Waals surface area contributed by atoms with Crippen molar-refractivity contribution < 1.29 is 14.3 Å². The van der Waals surface area contributed by atoms with Gasteiger partial charge in [0.2, 0.25) is 11.8 Å². The SMILES string of the molecule is CC(=O)N(Cc1ccc(Cl)cc1)[C@H](C(=O)NCCN1CCOCC1)c1ccccc1. The van der Waals surface area contributed by atoms with Gasteiger partial charge in [-0.25, -0.2) is 0 Å². The van der Waals surface area contributed by atoms with Gasteiger partial charge in [-0.3, -0.25) is 14.5 Å². The third-order valence-corrected chi connectivity index (χ3v) is 5.43. The zero-order chi connectivity index (χ0) is 21.3. The van der Waals surface area contributed by atoms with Gasteiger partial charge in [0.15, 0.2) is 0 Å². The first kappa shape index (κ1) is 22.3. The molecule has 1 N–H and O–H groups in total. The van der Waals surface area contributed by atoms with Gasteiger partial charge in [-0.1, -0.05) is 54.1 Å². The number of hydrogen-bond acceptors (Lipinski definition) is 4. The van der Waals surface area contributed by atoms with Crippen molar-refractivity contribution in [1.82, 2.24) is 15.1 Å². The molecule has 2 aromatic rings. The molecule has 6 nitrogen and oxygen atoms in total. The van der Waals surface area contributed by atoms with E-state index in [9.17, 15) is 9.59 Å². The molecule has 1 aliphatic heterocycles. The number of carbonyl (C=O) groups is 2. The summed E-state index contributed by atoms with van der Waals surface area (Å²) in [4.78, 5) is 29.6. The van der Waals surface area contributed by atoms with Crippen LogP contribution in [0.3, 0.4) is 0 Å². The Morgan fingerprint density at radius 1 is 1.10 bits per heavy atom. The highest BCUT2D eigenvalue weighted by atomic mass is 35.5. The summed E-state index contributed by atoms with van der Waals surface area (Å²) >= 11 is 5.98. The molecular formula is C23H28ClN3O3. The summed E-state index contributed by atoms with van der Waals surface area (Å²) < 4.78 is 5.36. The van der Waals surface area contributed by atoms with Crippen molar-refractivity contribution in [3.05, 3.63) is 70.7 Å². The monoisotopic (exact) mass is 429 g/mol. The van der Waals surface area contributed by atoms with Gasteiger partial charge in [-0.2, -0.15) is 0 Å². The highest BCUT2D eigenvalue weighted by Crippen LogP contribution is 2.24. The third-order valence-electron chi connectivity index (χ3n) is 5.18. The van der Waals surface area contributed by atoms with Gasteiger partial charge in [-0.15, -0.1) is 0 Å². The normalized spacial score (nSPS) is 15.4. The molecule has 1 heterocycles. The van der Waals surface area contributed by atoms with Crippen LogP contribution in [0, 0.1) is 0 Å². The fourth-order valence-corrected chi connectivity index (χ4v) is 3.66. The Morgan fingerprint density at radius 2 is 1.77 bits per heavy atom. The van der Waals surface area contributed by atoms with Crippen molar-refractivity contribution in [2.24, 2.45) is 0 Å². The zero-order valence-electron chi connectivity index (χ0n) is 17.2. The first-order valence-corrected chi connectivity index (χ1v) is 10.6. The van der Waals surface area contributed by atoms with Gasteiger partial charge in [0, 0.05) is 44.7 Å². The maximum atomic E-state index is 13.2. The van der Waals surface area contributed by atoms with Crippen LogP contribution in [-0.4, -0.2) is 61.0 Å². The van der Waals surface area contributed by atoms with Crippen molar-refractivity contribution in [1.29, 1.82) is 0 Å². The molecule has 2 aromatic carbocycles. The Balaban J connectivity index is 1.74. The number of rotatable bonds is 8. The number of halogens is 1. The lowest BCUT2D eigenvalue weighted by Gasteiger charge is -2.31. The Labute approximate surface area is 182 Å². The van der Waals surface area contributed by atoms with Crippen LogP contribution in [0.2, 0.25) is 5.02 Å². The fraction of sp³-hybridized carbons (Fsp3) is 0.391. The van der Waals surface area contributed by atoms with E-state index in [1.807, 2.05) is 42.5 Å². The molecule has 0 saturated carbocycles. The van der Waals surface area contributed by atoms with Gasteiger partial charge in [0.1, 0.15) is 6.04 Å². The maximum Gasteiger partial charge on any atom is 0.247 e. The van der Waals surface area contributed by atoms with E-state index in [0.717, 1.165) is 44.0 Å². The summed E-state index contributed by atoms with van der Waals surface area (Å²) in [5, 5.41) is 3.66. The predicted molar refractivity (Wildman–Crippen MR) is 117 cm³/mol. The second kappa shape index (κ2) is 11.1. The highest BCUT2D eigenvalue weighted by molar-refractivity contribution is 6.30. The quantitative estimate of drug-likeness (QED) is 0.701. The molecule has 3 rings (SSSR count). The third kappa shape index (κ3) is 6.29. The van der Waals surface area contributed by atoms with Crippen molar-refractivity contribution in [2.45, 2.75) is 19.5 Å².